The second-order valence-electron chi connectivity index (χ2n) is 7.32. The third-order valence-corrected chi connectivity index (χ3v) is 5.64. The van der Waals surface area contributed by atoms with Gasteiger partial charge in [0.1, 0.15) is 5.75 Å². The highest BCUT2D eigenvalue weighted by Gasteiger charge is 2.48. The molecule has 2 aromatic carbocycles. The molecule has 3 rings (SSSR count). The molecule has 1 aliphatic rings. The summed E-state index contributed by atoms with van der Waals surface area (Å²) in [4.78, 5) is 4.55. The van der Waals surface area contributed by atoms with Gasteiger partial charge in [-0.1, -0.05) is 32.0 Å². The second kappa shape index (κ2) is 7.79. The molecule has 1 saturated heterocycles. The third-order valence-electron chi connectivity index (χ3n) is 4.66. The molecule has 1 fully saturated rings. The molecule has 0 atom stereocenters. The Morgan fingerprint density at radius 2 is 1.75 bits per heavy atom. The van der Waals surface area contributed by atoms with Gasteiger partial charge in [0.25, 0.3) is 0 Å². The quantitative estimate of drug-likeness (QED) is 0.548. The predicted octanol–water partition coefficient (Wildman–Crippen LogP) is 3.85. The van der Waals surface area contributed by atoms with Crippen molar-refractivity contribution in [1.82, 2.24) is 4.90 Å². The van der Waals surface area contributed by atoms with Crippen molar-refractivity contribution in [2.45, 2.75) is 19.4 Å². The lowest BCUT2D eigenvalue weighted by Gasteiger charge is -2.37. The van der Waals surface area contributed by atoms with Crippen molar-refractivity contribution >= 4 is 26.6 Å². The average molecular weight is 416 g/mol. The van der Waals surface area contributed by atoms with Crippen molar-refractivity contribution in [3.05, 3.63) is 36.4 Å². The maximum absolute atomic E-state index is 12.6. The molecule has 0 amide bonds. The highest BCUT2D eigenvalue weighted by molar-refractivity contribution is 7.88. The van der Waals surface area contributed by atoms with Crippen LogP contribution in [0.25, 0.3) is 10.8 Å². The number of anilines is 1. The van der Waals surface area contributed by atoms with Crippen LogP contribution >= 0.6 is 0 Å². The molecule has 0 N–H and O–H groups in total. The smallest absolute Gasteiger partial charge is 0.376 e. The normalized spacial score (nSPS) is 16.7. The lowest BCUT2D eigenvalue weighted by Crippen LogP contribution is -2.47. The van der Waals surface area contributed by atoms with Crippen molar-refractivity contribution in [2.24, 2.45) is 5.92 Å². The van der Waals surface area contributed by atoms with E-state index in [0.29, 0.717) is 11.3 Å². The van der Waals surface area contributed by atoms with E-state index in [0.717, 1.165) is 43.8 Å². The van der Waals surface area contributed by atoms with Gasteiger partial charge in [-0.05, 0) is 29.5 Å². The van der Waals surface area contributed by atoms with Crippen LogP contribution in [0.5, 0.6) is 5.75 Å². The summed E-state index contributed by atoms with van der Waals surface area (Å²) in [5, 5.41) is 1.47. The van der Waals surface area contributed by atoms with E-state index in [-0.39, 0.29) is 5.75 Å². The van der Waals surface area contributed by atoms with Gasteiger partial charge in [0.15, 0.2) is 0 Å². The molecule has 2 aromatic rings. The van der Waals surface area contributed by atoms with E-state index in [1.54, 1.807) is 6.07 Å². The average Bonchev–Trinajstić information content (AvgIpc) is 2.60. The lowest BCUT2D eigenvalue weighted by atomic mass is 10.1. The fourth-order valence-electron chi connectivity index (χ4n) is 3.42. The first-order chi connectivity index (χ1) is 13.1. The molecular weight excluding hydrogens is 393 g/mol. The van der Waals surface area contributed by atoms with Gasteiger partial charge in [0.2, 0.25) is 0 Å². The van der Waals surface area contributed by atoms with Crippen molar-refractivity contribution in [3.8, 4) is 5.75 Å². The largest absolute Gasteiger partial charge is 0.534 e. The minimum absolute atomic E-state index is 0.351. The lowest BCUT2D eigenvalue weighted by molar-refractivity contribution is -0.0500. The monoisotopic (exact) mass is 416 g/mol. The highest BCUT2D eigenvalue weighted by Crippen LogP contribution is 2.33. The Kier molecular flexibility index (Phi) is 5.77. The first-order valence-corrected chi connectivity index (χ1v) is 10.5. The van der Waals surface area contributed by atoms with E-state index in [9.17, 15) is 21.6 Å². The van der Waals surface area contributed by atoms with Crippen LogP contribution in [0.1, 0.15) is 13.8 Å². The van der Waals surface area contributed by atoms with Crippen molar-refractivity contribution in [3.63, 3.8) is 0 Å². The fourth-order valence-corrected chi connectivity index (χ4v) is 3.88. The summed E-state index contributed by atoms with van der Waals surface area (Å²) in [5.74, 6) is 0.232. The van der Waals surface area contributed by atoms with Crippen molar-refractivity contribution in [2.75, 3.05) is 37.6 Å². The SMILES string of the molecule is CC(C)CN1CCN(c2cccc3ccc(OS(=O)(=O)C(F)(F)F)cc23)CC1. The Balaban J connectivity index is 1.86. The summed E-state index contributed by atoms with van der Waals surface area (Å²) in [6.07, 6.45) is 0. The molecule has 0 saturated carbocycles. The van der Waals surface area contributed by atoms with Crippen LogP contribution in [0.15, 0.2) is 36.4 Å². The molecule has 1 aliphatic heterocycles. The van der Waals surface area contributed by atoms with Crippen LogP contribution in [0, 0.1) is 5.92 Å². The van der Waals surface area contributed by atoms with Gasteiger partial charge in [0, 0.05) is 43.8 Å². The summed E-state index contributed by atoms with van der Waals surface area (Å²) >= 11 is 0. The Bertz CT molecular complexity index is 937. The molecule has 0 aromatic heterocycles. The first kappa shape index (κ1) is 20.7. The first-order valence-electron chi connectivity index (χ1n) is 9.07. The summed E-state index contributed by atoms with van der Waals surface area (Å²) in [6.45, 7) is 8.74. The standard InChI is InChI=1S/C19H23F3N2O3S/c1-14(2)13-23-8-10-24(11-9-23)18-5-3-4-15-6-7-16(12-17(15)18)27-28(25,26)19(20,21)22/h3-7,12,14H,8-11,13H2,1-2H3. The molecule has 0 spiro atoms. The number of nitrogens with zero attached hydrogens (tertiary/aromatic N) is 2. The van der Waals surface area contributed by atoms with Crippen molar-refractivity contribution < 1.29 is 25.8 Å². The molecule has 0 unspecified atom stereocenters. The van der Waals surface area contributed by atoms with E-state index < -0.39 is 15.6 Å². The van der Waals surface area contributed by atoms with Gasteiger partial charge in [-0.25, -0.2) is 0 Å². The van der Waals surface area contributed by atoms with E-state index in [1.165, 1.54) is 12.1 Å². The van der Waals surface area contributed by atoms with Crippen LogP contribution in [0.3, 0.4) is 0 Å². The number of rotatable bonds is 5. The summed E-state index contributed by atoms with van der Waals surface area (Å²) in [5.41, 5.74) is -4.61. The number of piperazine rings is 1. The van der Waals surface area contributed by atoms with Crippen LogP contribution < -0.4 is 9.08 Å². The van der Waals surface area contributed by atoms with Gasteiger partial charge in [0.05, 0.1) is 0 Å². The fraction of sp³-hybridized carbons (Fsp3) is 0.474. The number of fused-ring (bicyclic) bond motifs is 1. The summed E-state index contributed by atoms with van der Waals surface area (Å²) < 4.78 is 64.7. The second-order valence-corrected chi connectivity index (χ2v) is 8.86. The van der Waals surface area contributed by atoms with Gasteiger partial charge in [-0.3, -0.25) is 4.90 Å². The molecule has 28 heavy (non-hydrogen) atoms. The Morgan fingerprint density at radius 1 is 1.07 bits per heavy atom. The highest BCUT2D eigenvalue weighted by atomic mass is 32.2. The number of alkyl halides is 3. The molecule has 0 aliphatic carbocycles. The summed E-state index contributed by atoms with van der Waals surface area (Å²) in [6, 6.07) is 9.75. The van der Waals surface area contributed by atoms with Crippen LogP contribution in [-0.2, 0) is 10.1 Å². The maximum atomic E-state index is 12.6. The van der Waals surface area contributed by atoms with Gasteiger partial charge in [-0.15, -0.1) is 0 Å². The van der Waals surface area contributed by atoms with Gasteiger partial charge in [-0.2, -0.15) is 21.6 Å². The molecule has 0 radical (unpaired) electrons. The molecule has 9 heteroatoms. The molecule has 0 bridgehead atoms. The number of hydrogen-bond acceptors (Lipinski definition) is 5. The van der Waals surface area contributed by atoms with E-state index in [2.05, 4.69) is 27.8 Å². The minimum Gasteiger partial charge on any atom is -0.376 e. The zero-order valence-corrected chi connectivity index (χ0v) is 16.6. The number of hydrogen-bond donors (Lipinski definition) is 0. The van der Waals surface area contributed by atoms with Crippen LogP contribution in [0.4, 0.5) is 18.9 Å². The van der Waals surface area contributed by atoms with E-state index in [1.807, 2.05) is 18.2 Å². The Morgan fingerprint density at radius 3 is 2.36 bits per heavy atom. The Hall–Kier alpha value is -2.00. The van der Waals surface area contributed by atoms with Crippen molar-refractivity contribution in [1.29, 1.82) is 0 Å². The van der Waals surface area contributed by atoms with E-state index in [4.69, 9.17) is 0 Å². The molecule has 5 nitrogen and oxygen atoms in total. The Labute approximate surface area is 162 Å². The molecule has 154 valence electrons. The number of benzene rings is 2. The topological polar surface area (TPSA) is 49.9 Å². The van der Waals surface area contributed by atoms with Gasteiger partial charge < -0.3 is 9.08 Å². The molecular formula is C19H23F3N2O3S. The summed E-state index contributed by atoms with van der Waals surface area (Å²) in [7, 11) is -5.70. The molecule has 1 heterocycles. The zero-order valence-electron chi connectivity index (χ0n) is 15.7. The predicted molar refractivity (Wildman–Crippen MR) is 103 cm³/mol. The van der Waals surface area contributed by atoms with Gasteiger partial charge >= 0.3 is 15.6 Å². The number of halogens is 3. The maximum Gasteiger partial charge on any atom is 0.534 e. The third kappa shape index (κ3) is 4.52. The van der Waals surface area contributed by atoms with E-state index >= 15 is 0 Å². The van der Waals surface area contributed by atoms with Crippen LogP contribution in [-0.4, -0.2) is 51.5 Å². The zero-order chi connectivity index (χ0) is 20.5. The minimum atomic E-state index is -5.70. The van der Waals surface area contributed by atoms with Crippen LogP contribution in [0.2, 0.25) is 0 Å².